The number of nitrogens with one attached hydrogen (secondary N) is 1. The first-order valence-electron chi connectivity index (χ1n) is 4.38. The van der Waals surface area contributed by atoms with Gasteiger partial charge in [-0.25, -0.2) is 0 Å². The number of hydrogen-bond donors (Lipinski definition) is 1. The second-order valence-corrected chi connectivity index (χ2v) is 2.68. The molecule has 5 heteroatoms. The van der Waals surface area contributed by atoms with E-state index in [9.17, 15) is 0 Å². The van der Waals surface area contributed by atoms with Crippen LogP contribution >= 0.6 is 0 Å². The molecule has 0 unspecified atom stereocenters. The zero-order chi connectivity index (χ0) is 9.80. The van der Waals surface area contributed by atoms with Crippen LogP contribution in [0.15, 0.2) is 28.9 Å². The van der Waals surface area contributed by atoms with Gasteiger partial charge in [-0.3, -0.25) is 4.98 Å². The second kappa shape index (κ2) is 3.87. The van der Waals surface area contributed by atoms with Crippen molar-refractivity contribution in [1.82, 2.24) is 15.2 Å². The van der Waals surface area contributed by atoms with E-state index in [1.165, 1.54) is 0 Å². The molecule has 0 atom stereocenters. The summed E-state index contributed by atoms with van der Waals surface area (Å²) in [6.07, 6.45) is 3.38. The summed E-state index contributed by atoms with van der Waals surface area (Å²) in [5.74, 6) is 0.481. The van der Waals surface area contributed by atoms with Gasteiger partial charge in [0.1, 0.15) is 0 Å². The van der Waals surface area contributed by atoms with Crippen molar-refractivity contribution >= 4 is 6.01 Å². The van der Waals surface area contributed by atoms with Gasteiger partial charge in [0.2, 0.25) is 0 Å². The number of pyridine rings is 1. The number of hydrogen-bond acceptors (Lipinski definition) is 5. The minimum Gasteiger partial charge on any atom is -0.403 e. The molecule has 2 heterocycles. The SMILES string of the molecule is CCNc1nnc(-c2cccnc2)o1. The van der Waals surface area contributed by atoms with Crippen molar-refractivity contribution in [2.45, 2.75) is 6.92 Å². The van der Waals surface area contributed by atoms with E-state index in [0.717, 1.165) is 12.1 Å². The fourth-order valence-electron chi connectivity index (χ4n) is 1.05. The van der Waals surface area contributed by atoms with Gasteiger partial charge in [0.05, 0.1) is 5.56 Å². The zero-order valence-electron chi connectivity index (χ0n) is 7.77. The minimum absolute atomic E-state index is 0.436. The Balaban J connectivity index is 2.25. The second-order valence-electron chi connectivity index (χ2n) is 2.68. The molecule has 0 amide bonds. The monoisotopic (exact) mass is 190 g/mol. The van der Waals surface area contributed by atoms with Gasteiger partial charge in [0.25, 0.3) is 5.89 Å². The molecule has 14 heavy (non-hydrogen) atoms. The lowest BCUT2D eigenvalue weighted by Crippen LogP contribution is -1.95. The van der Waals surface area contributed by atoms with Gasteiger partial charge in [-0.15, -0.1) is 5.10 Å². The Labute approximate surface area is 81.2 Å². The summed E-state index contributed by atoms with van der Waals surface area (Å²) in [5.41, 5.74) is 0.823. The quantitative estimate of drug-likeness (QED) is 0.795. The molecule has 72 valence electrons. The van der Waals surface area contributed by atoms with Crippen LogP contribution in [0.1, 0.15) is 6.92 Å². The maximum Gasteiger partial charge on any atom is 0.315 e. The third-order valence-electron chi connectivity index (χ3n) is 1.66. The molecule has 0 fully saturated rings. The largest absolute Gasteiger partial charge is 0.403 e. The molecule has 2 aromatic heterocycles. The van der Waals surface area contributed by atoms with Gasteiger partial charge in [-0.1, -0.05) is 5.10 Å². The zero-order valence-corrected chi connectivity index (χ0v) is 7.77. The van der Waals surface area contributed by atoms with Crippen molar-refractivity contribution < 1.29 is 4.42 Å². The van der Waals surface area contributed by atoms with Crippen LogP contribution in [0.2, 0.25) is 0 Å². The summed E-state index contributed by atoms with van der Waals surface area (Å²) in [6, 6.07) is 4.13. The third kappa shape index (κ3) is 1.71. The van der Waals surface area contributed by atoms with Crippen LogP contribution in [0, 0.1) is 0 Å². The van der Waals surface area contributed by atoms with Crippen molar-refractivity contribution in [3.05, 3.63) is 24.5 Å². The van der Waals surface area contributed by atoms with E-state index >= 15 is 0 Å². The van der Waals surface area contributed by atoms with Crippen molar-refractivity contribution in [1.29, 1.82) is 0 Å². The molecule has 0 radical (unpaired) electrons. The Morgan fingerprint density at radius 1 is 1.43 bits per heavy atom. The molecule has 5 nitrogen and oxygen atoms in total. The van der Waals surface area contributed by atoms with E-state index in [1.54, 1.807) is 12.4 Å². The standard InChI is InChI=1S/C9H10N4O/c1-2-11-9-13-12-8(14-9)7-4-3-5-10-6-7/h3-6H,2H2,1H3,(H,11,13). The van der Waals surface area contributed by atoms with Crippen LogP contribution in [-0.2, 0) is 0 Å². The van der Waals surface area contributed by atoms with E-state index in [2.05, 4.69) is 20.5 Å². The lowest BCUT2D eigenvalue weighted by Gasteiger charge is -1.93. The fourth-order valence-corrected chi connectivity index (χ4v) is 1.05. The average Bonchev–Trinajstić information content (AvgIpc) is 2.68. The van der Waals surface area contributed by atoms with Gasteiger partial charge >= 0.3 is 6.01 Å². The highest BCUT2D eigenvalue weighted by Gasteiger charge is 2.06. The van der Waals surface area contributed by atoms with Crippen LogP contribution in [-0.4, -0.2) is 21.7 Å². The summed E-state index contributed by atoms with van der Waals surface area (Å²) < 4.78 is 5.34. The van der Waals surface area contributed by atoms with Crippen LogP contribution in [0.4, 0.5) is 6.01 Å². The Bertz CT molecular complexity index is 398. The maximum atomic E-state index is 5.34. The highest BCUT2D eigenvalue weighted by Crippen LogP contribution is 2.17. The van der Waals surface area contributed by atoms with Crippen molar-refractivity contribution in [3.63, 3.8) is 0 Å². The summed E-state index contributed by atoms with van der Waals surface area (Å²) in [6.45, 7) is 2.72. The number of aromatic nitrogens is 3. The topological polar surface area (TPSA) is 63.8 Å². The minimum atomic E-state index is 0.436. The van der Waals surface area contributed by atoms with E-state index in [4.69, 9.17) is 4.42 Å². The molecule has 0 saturated heterocycles. The van der Waals surface area contributed by atoms with Crippen molar-refractivity contribution in [2.75, 3.05) is 11.9 Å². The Hall–Kier alpha value is -1.91. The Morgan fingerprint density at radius 3 is 3.07 bits per heavy atom. The first-order valence-corrected chi connectivity index (χ1v) is 4.38. The van der Waals surface area contributed by atoms with Crippen LogP contribution in [0.3, 0.4) is 0 Å². The molecule has 0 spiro atoms. The van der Waals surface area contributed by atoms with Gasteiger partial charge in [0.15, 0.2) is 0 Å². The third-order valence-corrected chi connectivity index (χ3v) is 1.66. The van der Waals surface area contributed by atoms with Crippen LogP contribution in [0.5, 0.6) is 0 Å². The molecule has 0 aromatic carbocycles. The molecule has 0 aliphatic carbocycles. The Kier molecular flexibility index (Phi) is 2.40. The van der Waals surface area contributed by atoms with Gasteiger partial charge in [-0.2, -0.15) is 0 Å². The summed E-state index contributed by atoms with van der Waals surface area (Å²) in [5, 5.41) is 10.6. The van der Waals surface area contributed by atoms with Crippen molar-refractivity contribution in [2.24, 2.45) is 0 Å². The van der Waals surface area contributed by atoms with Crippen LogP contribution < -0.4 is 5.32 Å². The summed E-state index contributed by atoms with van der Waals surface area (Å²) in [4.78, 5) is 3.97. The molecular weight excluding hydrogens is 180 g/mol. The van der Waals surface area contributed by atoms with Crippen LogP contribution in [0.25, 0.3) is 11.5 Å². The van der Waals surface area contributed by atoms with E-state index in [-0.39, 0.29) is 0 Å². The summed E-state index contributed by atoms with van der Waals surface area (Å²) in [7, 11) is 0. The molecule has 0 aliphatic heterocycles. The van der Waals surface area contributed by atoms with E-state index in [1.807, 2.05) is 19.1 Å². The van der Waals surface area contributed by atoms with E-state index in [0.29, 0.717) is 11.9 Å². The summed E-state index contributed by atoms with van der Waals surface area (Å²) >= 11 is 0. The van der Waals surface area contributed by atoms with Gasteiger partial charge in [-0.05, 0) is 19.1 Å². The molecule has 0 bridgehead atoms. The maximum absolute atomic E-state index is 5.34. The fraction of sp³-hybridized carbons (Fsp3) is 0.222. The predicted octanol–water partition coefficient (Wildman–Crippen LogP) is 1.56. The molecule has 2 aromatic rings. The predicted molar refractivity (Wildman–Crippen MR) is 51.7 cm³/mol. The Morgan fingerprint density at radius 2 is 2.36 bits per heavy atom. The lowest BCUT2D eigenvalue weighted by molar-refractivity contribution is 0.582. The van der Waals surface area contributed by atoms with Gasteiger partial charge in [0, 0.05) is 18.9 Å². The molecule has 0 aliphatic rings. The smallest absolute Gasteiger partial charge is 0.315 e. The lowest BCUT2D eigenvalue weighted by atomic mass is 10.3. The normalized spacial score (nSPS) is 10.1. The number of nitrogens with zero attached hydrogens (tertiary/aromatic N) is 3. The first-order chi connectivity index (χ1) is 6.90. The molecule has 2 rings (SSSR count). The number of rotatable bonds is 3. The highest BCUT2D eigenvalue weighted by atomic mass is 16.4. The molecular formula is C9H10N4O. The average molecular weight is 190 g/mol. The van der Waals surface area contributed by atoms with Crippen molar-refractivity contribution in [3.8, 4) is 11.5 Å². The highest BCUT2D eigenvalue weighted by molar-refractivity contribution is 5.51. The first kappa shape index (κ1) is 8.68. The molecule has 0 saturated carbocycles. The molecule has 1 N–H and O–H groups in total. The number of anilines is 1. The van der Waals surface area contributed by atoms with E-state index < -0.39 is 0 Å². The van der Waals surface area contributed by atoms with Gasteiger partial charge < -0.3 is 9.73 Å².